The molecule has 2 heterocycles. The van der Waals surface area contributed by atoms with Crippen LogP contribution < -0.4 is 10.6 Å². The lowest BCUT2D eigenvalue weighted by molar-refractivity contribution is -0.121. The first-order valence-electron chi connectivity index (χ1n) is 7.30. The van der Waals surface area contributed by atoms with E-state index in [-0.39, 0.29) is 23.9 Å². The van der Waals surface area contributed by atoms with Crippen LogP contribution in [-0.2, 0) is 11.8 Å². The second-order valence-electron chi connectivity index (χ2n) is 5.97. The minimum Gasteiger partial charge on any atom is -0.347 e. The third-order valence-electron chi connectivity index (χ3n) is 4.36. The smallest absolute Gasteiger partial charge is 0.274 e. The standard InChI is InChI=1S/C15H24N4O2/c1-15(16-2)6-9-19(10-7-15)11-13(20)17-14(21)12-5-4-8-18(12)3/h4-5,8,16H,6-7,9-11H2,1-3H3,(H,17,20,21). The van der Waals surface area contributed by atoms with Crippen molar-refractivity contribution in [1.82, 2.24) is 20.1 Å². The lowest BCUT2D eigenvalue weighted by Gasteiger charge is -2.38. The lowest BCUT2D eigenvalue weighted by atomic mass is 9.90. The number of likely N-dealkylation sites (tertiary alicyclic amines) is 1. The van der Waals surface area contributed by atoms with Gasteiger partial charge >= 0.3 is 0 Å². The summed E-state index contributed by atoms with van der Waals surface area (Å²) in [5.74, 6) is -0.584. The summed E-state index contributed by atoms with van der Waals surface area (Å²) < 4.78 is 1.70. The third-order valence-corrected chi connectivity index (χ3v) is 4.36. The van der Waals surface area contributed by atoms with Crippen LogP contribution in [0.4, 0.5) is 0 Å². The second-order valence-corrected chi connectivity index (χ2v) is 5.97. The Labute approximate surface area is 125 Å². The Kier molecular flexibility index (Phi) is 4.80. The molecule has 2 N–H and O–H groups in total. The van der Waals surface area contributed by atoms with Crippen LogP contribution in [0.1, 0.15) is 30.3 Å². The van der Waals surface area contributed by atoms with Crippen molar-refractivity contribution in [2.45, 2.75) is 25.3 Å². The van der Waals surface area contributed by atoms with Crippen molar-refractivity contribution in [2.24, 2.45) is 7.05 Å². The molecule has 21 heavy (non-hydrogen) atoms. The van der Waals surface area contributed by atoms with E-state index in [4.69, 9.17) is 0 Å². The van der Waals surface area contributed by atoms with Gasteiger partial charge in [0.15, 0.2) is 0 Å². The van der Waals surface area contributed by atoms with E-state index in [1.807, 2.05) is 7.05 Å². The predicted molar refractivity (Wildman–Crippen MR) is 81.0 cm³/mol. The van der Waals surface area contributed by atoms with Crippen molar-refractivity contribution in [1.29, 1.82) is 0 Å². The number of hydrogen-bond donors (Lipinski definition) is 2. The SMILES string of the molecule is CNC1(C)CCN(CC(=O)NC(=O)c2cccn2C)CC1. The zero-order chi connectivity index (χ0) is 15.5. The number of aromatic nitrogens is 1. The Morgan fingerprint density at radius 2 is 2.00 bits per heavy atom. The van der Waals surface area contributed by atoms with Crippen molar-refractivity contribution in [3.63, 3.8) is 0 Å². The molecule has 0 atom stereocenters. The van der Waals surface area contributed by atoms with E-state index in [0.717, 1.165) is 25.9 Å². The molecule has 2 rings (SSSR count). The van der Waals surface area contributed by atoms with E-state index in [1.54, 1.807) is 29.9 Å². The summed E-state index contributed by atoms with van der Waals surface area (Å²) in [5.41, 5.74) is 0.649. The number of carbonyl (C=O) groups excluding carboxylic acids is 2. The summed E-state index contributed by atoms with van der Waals surface area (Å²) in [6.07, 6.45) is 3.79. The first kappa shape index (κ1) is 15.7. The van der Waals surface area contributed by atoms with Crippen molar-refractivity contribution in [3.8, 4) is 0 Å². The molecule has 1 fully saturated rings. The van der Waals surface area contributed by atoms with Gasteiger partial charge in [0, 0.05) is 31.9 Å². The van der Waals surface area contributed by atoms with E-state index in [1.165, 1.54) is 0 Å². The molecule has 1 saturated heterocycles. The quantitative estimate of drug-likeness (QED) is 0.841. The van der Waals surface area contributed by atoms with Gasteiger partial charge in [-0.1, -0.05) is 0 Å². The average molecular weight is 292 g/mol. The highest BCUT2D eigenvalue weighted by molar-refractivity contribution is 6.04. The molecule has 0 aromatic carbocycles. The number of aryl methyl sites for hydroxylation is 1. The fourth-order valence-electron chi connectivity index (χ4n) is 2.58. The van der Waals surface area contributed by atoms with Crippen LogP contribution in [0.2, 0.25) is 0 Å². The highest BCUT2D eigenvalue weighted by atomic mass is 16.2. The number of nitrogens with zero attached hydrogens (tertiary/aromatic N) is 2. The molecule has 0 radical (unpaired) electrons. The monoisotopic (exact) mass is 292 g/mol. The molecule has 1 aliphatic rings. The van der Waals surface area contributed by atoms with Gasteiger partial charge in [-0.15, -0.1) is 0 Å². The van der Waals surface area contributed by atoms with Gasteiger partial charge < -0.3 is 9.88 Å². The summed E-state index contributed by atoms with van der Waals surface area (Å²) in [7, 11) is 3.75. The number of amides is 2. The highest BCUT2D eigenvalue weighted by Gasteiger charge is 2.29. The van der Waals surface area contributed by atoms with Gasteiger partial charge in [-0.25, -0.2) is 0 Å². The second kappa shape index (κ2) is 6.41. The van der Waals surface area contributed by atoms with Crippen LogP contribution in [0.25, 0.3) is 0 Å². The molecule has 0 bridgehead atoms. The van der Waals surface area contributed by atoms with Gasteiger partial charge in [0.05, 0.1) is 6.54 Å². The van der Waals surface area contributed by atoms with E-state index < -0.39 is 0 Å². The molecule has 0 spiro atoms. The molecule has 1 aromatic heterocycles. The van der Waals surface area contributed by atoms with E-state index in [2.05, 4.69) is 22.5 Å². The Bertz CT molecular complexity index is 515. The number of hydrogen-bond acceptors (Lipinski definition) is 4. The summed E-state index contributed by atoms with van der Waals surface area (Å²) in [6.45, 7) is 4.20. The largest absolute Gasteiger partial charge is 0.347 e. The maximum atomic E-state index is 12.0. The minimum absolute atomic E-state index is 0.159. The lowest BCUT2D eigenvalue weighted by Crippen LogP contribution is -2.52. The first-order chi connectivity index (χ1) is 9.93. The maximum Gasteiger partial charge on any atom is 0.274 e. The number of carbonyl (C=O) groups is 2. The first-order valence-corrected chi connectivity index (χ1v) is 7.30. The Balaban J connectivity index is 1.81. The zero-order valence-electron chi connectivity index (χ0n) is 13.0. The van der Waals surface area contributed by atoms with Crippen LogP contribution in [-0.4, -0.2) is 53.5 Å². The number of rotatable bonds is 4. The molecule has 116 valence electrons. The Morgan fingerprint density at radius 1 is 1.33 bits per heavy atom. The molecule has 0 unspecified atom stereocenters. The van der Waals surface area contributed by atoms with Gasteiger partial charge in [-0.2, -0.15) is 0 Å². The Morgan fingerprint density at radius 3 is 2.52 bits per heavy atom. The predicted octanol–water partition coefficient (Wildman–Crippen LogP) is 0.355. The third kappa shape index (κ3) is 3.92. The summed E-state index contributed by atoms with van der Waals surface area (Å²) in [4.78, 5) is 26.0. The van der Waals surface area contributed by atoms with Crippen molar-refractivity contribution in [2.75, 3.05) is 26.7 Å². The molecule has 1 aliphatic heterocycles. The van der Waals surface area contributed by atoms with Crippen LogP contribution >= 0.6 is 0 Å². The molecule has 2 amide bonds. The molecular weight excluding hydrogens is 268 g/mol. The number of nitrogens with one attached hydrogen (secondary N) is 2. The maximum absolute atomic E-state index is 12.0. The number of imide groups is 1. The molecule has 0 saturated carbocycles. The van der Waals surface area contributed by atoms with Crippen LogP contribution in [0.15, 0.2) is 18.3 Å². The van der Waals surface area contributed by atoms with Crippen molar-refractivity contribution < 1.29 is 9.59 Å². The summed E-state index contributed by atoms with van der Waals surface area (Å²) in [6, 6.07) is 3.48. The average Bonchev–Trinajstić information content (AvgIpc) is 2.88. The zero-order valence-corrected chi connectivity index (χ0v) is 13.0. The molecular formula is C15H24N4O2. The highest BCUT2D eigenvalue weighted by Crippen LogP contribution is 2.20. The minimum atomic E-state index is -0.343. The van der Waals surface area contributed by atoms with Gasteiger partial charge in [0.1, 0.15) is 5.69 Å². The normalized spacial score (nSPS) is 18.4. The van der Waals surface area contributed by atoms with Gasteiger partial charge in [0.2, 0.25) is 5.91 Å². The van der Waals surface area contributed by atoms with Crippen LogP contribution in [0, 0.1) is 0 Å². The van der Waals surface area contributed by atoms with E-state index in [0.29, 0.717) is 5.69 Å². The fourth-order valence-corrected chi connectivity index (χ4v) is 2.58. The van der Waals surface area contributed by atoms with Crippen LogP contribution in [0.5, 0.6) is 0 Å². The van der Waals surface area contributed by atoms with Crippen LogP contribution in [0.3, 0.4) is 0 Å². The van der Waals surface area contributed by atoms with E-state index >= 15 is 0 Å². The number of piperidine rings is 1. The Hall–Kier alpha value is -1.66. The fraction of sp³-hybridized carbons (Fsp3) is 0.600. The van der Waals surface area contributed by atoms with Gasteiger partial charge in [0.25, 0.3) is 5.91 Å². The van der Waals surface area contributed by atoms with Gasteiger partial charge in [-0.05, 0) is 38.9 Å². The summed E-state index contributed by atoms with van der Waals surface area (Å²) >= 11 is 0. The van der Waals surface area contributed by atoms with Crippen molar-refractivity contribution in [3.05, 3.63) is 24.0 Å². The van der Waals surface area contributed by atoms with Crippen molar-refractivity contribution >= 4 is 11.8 Å². The molecule has 6 heteroatoms. The topological polar surface area (TPSA) is 66.4 Å². The molecule has 0 aliphatic carbocycles. The molecule has 1 aromatic rings. The molecule has 6 nitrogen and oxygen atoms in total. The van der Waals surface area contributed by atoms with Gasteiger partial charge in [-0.3, -0.25) is 19.8 Å². The van der Waals surface area contributed by atoms with E-state index in [9.17, 15) is 9.59 Å². The summed E-state index contributed by atoms with van der Waals surface area (Å²) in [5, 5.41) is 5.78.